The van der Waals surface area contributed by atoms with Crippen LogP contribution in [0.2, 0.25) is 0 Å². The number of hydrogen-bond donors (Lipinski definition) is 1. The Balaban J connectivity index is 1.64. The van der Waals surface area contributed by atoms with Crippen molar-refractivity contribution in [2.75, 3.05) is 6.54 Å². The molecule has 1 aromatic carbocycles. The molecule has 0 aromatic heterocycles. The first-order chi connectivity index (χ1) is 10.3. The van der Waals surface area contributed by atoms with Gasteiger partial charge in [0.25, 0.3) is 0 Å². The lowest BCUT2D eigenvalue weighted by Gasteiger charge is -2.44. The van der Waals surface area contributed by atoms with Gasteiger partial charge in [-0.3, -0.25) is 4.79 Å². The van der Waals surface area contributed by atoms with Crippen LogP contribution in [0.15, 0.2) is 30.3 Å². The van der Waals surface area contributed by atoms with Gasteiger partial charge >= 0.3 is 0 Å². The van der Waals surface area contributed by atoms with Crippen LogP contribution in [0.25, 0.3) is 0 Å². The molecular weight excluding hydrogens is 260 g/mol. The van der Waals surface area contributed by atoms with Crippen molar-refractivity contribution < 1.29 is 4.79 Å². The lowest BCUT2D eigenvalue weighted by molar-refractivity contribution is -0.137. The van der Waals surface area contributed by atoms with Gasteiger partial charge in [0, 0.05) is 25.0 Å². The minimum Gasteiger partial charge on any atom is -0.339 e. The van der Waals surface area contributed by atoms with Crippen molar-refractivity contribution in [1.82, 2.24) is 4.90 Å². The second-order valence-electron chi connectivity index (χ2n) is 6.56. The van der Waals surface area contributed by atoms with E-state index in [4.69, 9.17) is 5.73 Å². The highest BCUT2D eigenvalue weighted by Gasteiger charge is 2.35. The Morgan fingerprint density at radius 3 is 2.67 bits per heavy atom. The maximum absolute atomic E-state index is 12.7. The molecule has 3 atom stereocenters. The summed E-state index contributed by atoms with van der Waals surface area (Å²) < 4.78 is 0. The number of carbonyl (C=O) groups is 1. The second-order valence-corrected chi connectivity index (χ2v) is 6.56. The maximum atomic E-state index is 12.7. The molecule has 114 valence electrons. The van der Waals surface area contributed by atoms with Crippen molar-refractivity contribution >= 4 is 5.91 Å². The van der Waals surface area contributed by atoms with Gasteiger partial charge in [-0.25, -0.2) is 0 Å². The monoisotopic (exact) mass is 286 g/mol. The number of nitrogens with two attached hydrogens (primary N) is 1. The average Bonchev–Trinajstić information content (AvgIpc) is 2.55. The zero-order valence-corrected chi connectivity index (χ0v) is 12.7. The van der Waals surface area contributed by atoms with E-state index in [1.807, 2.05) is 30.3 Å². The Morgan fingerprint density at radius 2 is 1.86 bits per heavy atom. The molecule has 1 heterocycles. The Kier molecular flexibility index (Phi) is 4.59. The topological polar surface area (TPSA) is 46.3 Å². The van der Waals surface area contributed by atoms with E-state index in [-0.39, 0.29) is 11.9 Å². The third-order valence-corrected chi connectivity index (χ3v) is 5.19. The molecule has 3 heteroatoms. The fourth-order valence-corrected chi connectivity index (χ4v) is 4.06. The van der Waals surface area contributed by atoms with E-state index in [2.05, 4.69) is 4.90 Å². The van der Waals surface area contributed by atoms with Gasteiger partial charge in [0.2, 0.25) is 5.91 Å². The van der Waals surface area contributed by atoms with Crippen molar-refractivity contribution in [3.63, 3.8) is 0 Å². The van der Waals surface area contributed by atoms with Gasteiger partial charge in [-0.1, -0.05) is 43.2 Å². The van der Waals surface area contributed by atoms with Crippen molar-refractivity contribution in [2.24, 2.45) is 11.7 Å². The van der Waals surface area contributed by atoms with E-state index >= 15 is 0 Å². The highest BCUT2D eigenvalue weighted by Crippen LogP contribution is 2.35. The molecule has 1 aliphatic heterocycles. The SMILES string of the molecule is NC(CC(=O)N1CCC[C@H]2CCCC[C@H]21)c1ccccc1. The summed E-state index contributed by atoms with van der Waals surface area (Å²) in [6, 6.07) is 10.3. The van der Waals surface area contributed by atoms with Crippen molar-refractivity contribution in [1.29, 1.82) is 0 Å². The van der Waals surface area contributed by atoms with Gasteiger partial charge in [-0.15, -0.1) is 0 Å². The van der Waals surface area contributed by atoms with Gasteiger partial charge in [0.1, 0.15) is 0 Å². The number of benzene rings is 1. The summed E-state index contributed by atoms with van der Waals surface area (Å²) >= 11 is 0. The molecule has 2 aliphatic rings. The Labute approximate surface area is 127 Å². The Hall–Kier alpha value is -1.35. The summed E-state index contributed by atoms with van der Waals surface area (Å²) in [5.41, 5.74) is 7.28. The van der Waals surface area contributed by atoms with Gasteiger partial charge in [-0.2, -0.15) is 0 Å². The fourth-order valence-electron chi connectivity index (χ4n) is 4.06. The summed E-state index contributed by atoms with van der Waals surface area (Å²) in [6.45, 7) is 0.932. The summed E-state index contributed by atoms with van der Waals surface area (Å²) in [5, 5.41) is 0. The molecule has 1 amide bonds. The lowest BCUT2D eigenvalue weighted by Crippen LogP contribution is -2.50. The van der Waals surface area contributed by atoms with Crippen molar-refractivity contribution in [2.45, 2.75) is 57.0 Å². The Bertz CT molecular complexity index is 471. The molecule has 3 rings (SSSR count). The third kappa shape index (κ3) is 3.29. The number of amides is 1. The van der Waals surface area contributed by atoms with Gasteiger partial charge < -0.3 is 10.6 Å². The highest BCUT2D eigenvalue weighted by molar-refractivity contribution is 5.77. The first-order valence-corrected chi connectivity index (χ1v) is 8.35. The van der Waals surface area contributed by atoms with Crippen LogP contribution in [0, 0.1) is 5.92 Å². The van der Waals surface area contributed by atoms with E-state index in [1.165, 1.54) is 32.1 Å². The molecule has 1 aliphatic carbocycles. The van der Waals surface area contributed by atoms with Crippen LogP contribution >= 0.6 is 0 Å². The minimum absolute atomic E-state index is 0.178. The molecule has 1 saturated carbocycles. The molecule has 1 aromatic rings. The molecule has 1 unspecified atom stereocenters. The molecule has 2 fully saturated rings. The normalized spacial score (nSPS) is 27.0. The van der Waals surface area contributed by atoms with Crippen molar-refractivity contribution in [3.8, 4) is 0 Å². The summed E-state index contributed by atoms with van der Waals surface area (Å²) in [5.74, 6) is 0.993. The maximum Gasteiger partial charge on any atom is 0.224 e. The van der Waals surface area contributed by atoms with Crippen LogP contribution in [0.4, 0.5) is 0 Å². The summed E-state index contributed by atoms with van der Waals surface area (Å²) in [6.07, 6.45) is 8.01. The molecule has 21 heavy (non-hydrogen) atoms. The van der Waals surface area contributed by atoms with Gasteiger partial charge in [-0.05, 0) is 37.2 Å². The predicted octanol–water partition coefficient (Wildman–Crippen LogP) is 3.26. The second kappa shape index (κ2) is 6.61. The molecule has 0 radical (unpaired) electrons. The lowest BCUT2D eigenvalue weighted by atomic mass is 9.78. The number of fused-ring (bicyclic) bond motifs is 1. The molecule has 0 bridgehead atoms. The van der Waals surface area contributed by atoms with Gasteiger partial charge in [0.05, 0.1) is 0 Å². The number of piperidine rings is 1. The van der Waals surface area contributed by atoms with E-state index in [1.54, 1.807) is 0 Å². The highest BCUT2D eigenvalue weighted by atomic mass is 16.2. The number of rotatable bonds is 3. The zero-order valence-electron chi connectivity index (χ0n) is 12.7. The molecule has 0 spiro atoms. The average molecular weight is 286 g/mol. The first kappa shape index (κ1) is 14.6. The molecule has 3 nitrogen and oxygen atoms in total. The molecule has 1 saturated heterocycles. The molecular formula is C18H26N2O. The van der Waals surface area contributed by atoms with Crippen LogP contribution in [-0.4, -0.2) is 23.4 Å². The third-order valence-electron chi connectivity index (χ3n) is 5.19. The van der Waals surface area contributed by atoms with E-state index < -0.39 is 0 Å². The number of hydrogen-bond acceptors (Lipinski definition) is 2. The standard InChI is InChI=1S/C18H26N2O/c19-16(14-7-2-1-3-8-14)13-18(21)20-12-6-10-15-9-4-5-11-17(15)20/h1-3,7-8,15-17H,4-6,9-13,19H2/t15-,16?,17-/m1/s1. The smallest absolute Gasteiger partial charge is 0.224 e. The summed E-state index contributed by atoms with van der Waals surface area (Å²) in [7, 11) is 0. The van der Waals surface area contributed by atoms with Crippen LogP contribution in [0.3, 0.4) is 0 Å². The first-order valence-electron chi connectivity index (χ1n) is 8.35. The number of nitrogens with zero attached hydrogens (tertiary/aromatic N) is 1. The largest absolute Gasteiger partial charge is 0.339 e. The van der Waals surface area contributed by atoms with Crippen LogP contribution < -0.4 is 5.73 Å². The minimum atomic E-state index is -0.178. The number of carbonyl (C=O) groups excluding carboxylic acids is 1. The fraction of sp³-hybridized carbons (Fsp3) is 0.611. The predicted molar refractivity (Wildman–Crippen MR) is 84.7 cm³/mol. The van der Waals surface area contributed by atoms with E-state index in [0.29, 0.717) is 12.5 Å². The Morgan fingerprint density at radius 1 is 1.14 bits per heavy atom. The van der Waals surface area contributed by atoms with E-state index in [9.17, 15) is 4.79 Å². The summed E-state index contributed by atoms with van der Waals surface area (Å²) in [4.78, 5) is 14.8. The number of likely N-dealkylation sites (tertiary alicyclic amines) is 1. The zero-order chi connectivity index (χ0) is 14.7. The van der Waals surface area contributed by atoms with Crippen LogP contribution in [-0.2, 0) is 4.79 Å². The van der Waals surface area contributed by atoms with Gasteiger partial charge in [0.15, 0.2) is 0 Å². The van der Waals surface area contributed by atoms with Crippen LogP contribution in [0.5, 0.6) is 0 Å². The molecule has 2 N–H and O–H groups in total. The van der Waals surface area contributed by atoms with Crippen molar-refractivity contribution in [3.05, 3.63) is 35.9 Å². The van der Waals surface area contributed by atoms with Crippen LogP contribution in [0.1, 0.15) is 56.6 Å². The van der Waals surface area contributed by atoms with E-state index in [0.717, 1.165) is 24.4 Å². The quantitative estimate of drug-likeness (QED) is 0.927.